The highest BCUT2D eigenvalue weighted by molar-refractivity contribution is 5.85. The van der Waals surface area contributed by atoms with Gasteiger partial charge in [0, 0.05) is 12.0 Å². The summed E-state index contributed by atoms with van der Waals surface area (Å²) in [7, 11) is 3.28. The first-order valence-corrected chi connectivity index (χ1v) is 7.73. The van der Waals surface area contributed by atoms with Crippen molar-refractivity contribution >= 4 is 5.57 Å². The van der Waals surface area contributed by atoms with Crippen molar-refractivity contribution in [3.63, 3.8) is 0 Å². The highest BCUT2D eigenvalue weighted by atomic mass is 16.5. The fourth-order valence-corrected chi connectivity index (χ4v) is 2.80. The Kier molecular flexibility index (Phi) is 4.11. The molecular weight excluding hydrogens is 290 g/mol. The number of benzene rings is 2. The van der Waals surface area contributed by atoms with Crippen molar-refractivity contribution in [1.29, 1.82) is 0 Å². The van der Waals surface area contributed by atoms with Gasteiger partial charge in [0.25, 0.3) is 0 Å². The summed E-state index contributed by atoms with van der Waals surface area (Å²) in [6.45, 7) is 0.995. The van der Waals surface area contributed by atoms with Crippen molar-refractivity contribution < 1.29 is 14.5 Å². The molecule has 0 amide bonds. The Hall–Kier alpha value is -2.30. The summed E-state index contributed by atoms with van der Waals surface area (Å²) in [4.78, 5) is 0. The summed E-state index contributed by atoms with van der Waals surface area (Å²) in [5.41, 5.74) is 4.07. The van der Waals surface area contributed by atoms with Crippen molar-refractivity contribution in [3.05, 3.63) is 70.4 Å². The molecule has 2 aromatic rings. The number of fused-ring (bicyclic) bond motifs is 2. The number of phenolic OH excluding ortho intramolecular Hbond substituents is 1. The highest BCUT2D eigenvalue weighted by Gasteiger charge is 2.19. The van der Waals surface area contributed by atoms with Crippen LogP contribution in [0.1, 0.15) is 23.1 Å². The van der Waals surface area contributed by atoms with Crippen LogP contribution in [0.4, 0.5) is 0 Å². The molecule has 2 aromatic carbocycles. The zero-order chi connectivity index (χ0) is 16.4. The number of phenols is 1. The molecule has 1 aliphatic heterocycles. The van der Waals surface area contributed by atoms with Crippen LogP contribution >= 0.6 is 0 Å². The summed E-state index contributed by atoms with van der Waals surface area (Å²) < 4.78 is 5.57. The first-order valence-electron chi connectivity index (χ1n) is 7.73. The Labute approximate surface area is 136 Å². The van der Waals surface area contributed by atoms with Crippen LogP contribution in [0, 0.1) is 5.21 Å². The molecule has 0 aliphatic carbocycles. The largest absolute Gasteiger partial charge is 0.633 e. The maximum atomic E-state index is 11.8. The van der Waals surface area contributed by atoms with Gasteiger partial charge in [0.2, 0.25) is 0 Å². The summed E-state index contributed by atoms with van der Waals surface area (Å²) in [5, 5.41) is 21.7. The van der Waals surface area contributed by atoms with Gasteiger partial charge in [-0.05, 0) is 34.9 Å². The Bertz CT molecular complexity index is 745. The van der Waals surface area contributed by atoms with Crippen LogP contribution in [0.3, 0.4) is 0 Å². The number of aromatic hydroxyl groups is 1. The summed E-state index contributed by atoms with van der Waals surface area (Å²) >= 11 is 0. The molecular formula is C19H21NO3. The van der Waals surface area contributed by atoms with Crippen LogP contribution < -0.4 is 4.74 Å². The van der Waals surface area contributed by atoms with E-state index in [1.165, 1.54) is 0 Å². The zero-order valence-corrected chi connectivity index (χ0v) is 13.5. The van der Waals surface area contributed by atoms with Gasteiger partial charge in [-0.2, -0.15) is 0 Å². The van der Waals surface area contributed by atoms with Crippen LogP contribution in [0.15, 0.2) is 48.5 Å². The number of nitrogens with zero attached hydrogens (tertiary/aromatic N) is 1. The van der Waals surface area contributed by atoms with Gasteiger partial charge in [0.15, 0.2) is 0 Å². The molecule has 0 saturated heterocycles. The second-order valence-corrected chi connectivity index (χ2v) is 6.33. The van der Waals surface area contributed by atoms with E-state index in [0.29, 0.717) is 19.6 Å². The minimum atomic E-state index is -0.325. The van der Waals surface area contributed by atoms with Gasteiger partial charge in [-0.25, -0.2) is 0 Å². The van der Waals surface area contributed by atoms with Crippen LogP contribution in [-0.2, 0) is 6.61 Å². The van der Waals surface area contributed by atoms with E-state index in [2.05, 4.69) is 12.1 Å². The Morgan fingerprint density at radius 2 is 1.96 bits per heavy atom. The number of hydrogen-bond donors (Lipinski definition) is 1. The van der Waals surface area contributed by atoms with E-state index in [1.54, 1.807) is 32.3 Å². The first-order chi connectivity index (χ1) is 10.9. The monoisotopic (exact) mass is 311 g/mol. The van der Waals surface area contributed by atoms with Crippen LogP contribution in [0.5, 0.6) is 11.5 Å². The molecule has 120 valence electrons. The Balaban J connectivity index is 2.08. The van der Waals surface area contributed by atoms with E-state index in [0.717, 1.165) is 28.0 Å². The molecule has 1 aliphatic rings. The SMILES string of the molecule is C[N+](C)([O-])CCC=C1c2ccccc2COc2ccc(O)cc21. The van der Waals surface area contributed by atoms with E-state index in [1.807, 2.05) is 18.2 Å². The van der Waals surface area contributed by atoms with Crippen molar-refractivity contribution in [3.8, 4) is 11.5 Å². The van der Waals surface area contributed by atoms with Gasteiger partial charge in [0.05, 0.1) is 20.6 Å². The number of quaternary nitrogens is 1. The van der Waals surface area contributed by atoms with Crippen molar-refractivity contribution in [2.45, 2.75) is 13.0 Å². The maximum absolute atomic E-state index is 11.8. The average molecular weight is 311 g/mol. The molecule has 1 heterocycles. The molecule has 0 bridgehead atoms. The molecule has 4 nitrogen and oxygen atoms in total. The molecule has 0 spiro atoms. The van der Waals surface area contributed by atoms with E-state index in [4.69, 9.17) is 4.74 Å². The lowest BCUT2D eigenvalue weighted by Crippen LogP contribution is -2.32. The second-order valence-electron chi connectivity index (χ2n) is 6.33. The molecule has 0 atom stereocenters. The molecule has 0 unspecified atom stereocenters. The van der Waals surface area contributed by atoms with E-state index < -0.39 is 0 Å². The summed E-state index contributed by atoms with van der Waals surface area (Å²) in [6.07, 6.45) is 2.74. The Morgan fingerprint density at radius 1 is 1.17 bits per heavy atom. The van der Waals surface area contributed by atoms with Gasteiger partial charge in [-0.1, -0.05) is 30.3 Å². The minimum absolute atomic E-state index is 0.206. The second kappa shape index (κ2) is 6.07. The number of rotatable bonds is 3. The molecule has 4 heteroatoms. The van der Waals surface area contributed by atoms with Crippen LogP contribution in [-0.4, -0.2) is 30.4 Å². The van der Waals surface area contributed by atoms with E-state index >= 15 is 0 Å². The van der Waals surface area contributed by atoms with Gasteiger partial charge in [0.1, 0.15) is 18.1 Å². The van der Waals surface area contributed by atoms with E-state index in [-0.39, 0.29) is 10.4 Å². The molecule has 3 rings (SSSR count). The Morgan fingerprint density at radius 3 is 2.74 bits per heavy atom. The quantitative estimate of drug-likeness (QED) is 0.695. The van der Waals surface area contributed by atoms with Crippen LogP contribution in [0.25, 0.3) is 5.57 Å². The van der Waals surface area contributed by atoms with Crippen LogP contribution in [0.2, 0.25) is 0 Å². The number of hydrogen-bond acceptors (Lipinski definition) is 3. The maximum Gasteiger partial charge on any atom is 0.127 e. The fourth-order valence-electron chi connectivity index (χ4n) is 2.80. The van der Waals surface area contributed by atoms with Crippen molar-refractivity contribution in [1.82, 2.24) is 0 Å². The van der Waals surface area contributed by atoms with Crippen molar-refractivity contribution in [2.24, 2.45) is 0 Å². The number of ether oxygens (including phenoxy) is 1. The van der Waals surface area contributed by atoms with Gasteiger partial charge in [-0.3, -0.25) is 0 Å². The summed E-state index contributed by atoms with van der Waals surface area (Å²) in [5.74, 6) is 0.957. The lowest BCUT2D eigenvalue weighted by Gasteiger charge is -2.33. The molecule has 0 saturated carbocycles. The lowest BCUT2D eigenvalue weighted by molar-refractivity contribution is -0.839. The van der Waals surface area contributed by atoms with Gasteiger partial charge >= 0.3 is 0 Å². The van der Waals surface area contributed by atoms with Gasteiger partial charge < -0.3 is 19.7 Å². The lowest BCUT2D eigenvalue weighted by atomic mass is 9.93. The predicted molar refractivity (Wildman–Crippen MR) is 90.9 cm³/mol. The third kappa shape index (κ3) is 3.55. The third-order valence-corrected chi connectivity index (χ3v) is 3.96. The molecule has 23 heavy (non-hydrogen) atoms. The van der Waals surface area contributed by atoms with Gasteiger partial charge in [-0.15, -0.1) is 0 Å². The average Bonchev–Trinajstić information content (AvgIpc) is 2.64. The summed E-state index contributed by atoms with van der Waals surface area (Å²) in [6, 6.07) is 13.2. The smallest absolute Gasteiger partial charge is 0.127 e. The topological polar surface area (TPSA) is 52.5 Å². The van der Waals surface area contributed by atoms with E-state index in [9.17, 15) is 10.3 Å². The predicted octanol–water partition coefficient (Wildman–Crippen LogP) is 3.68. The minimum Gasteiger partial charge on any atom is -0.633 e. The highest BCUT2D eigenvalue weighted by Crippen LogP contribution is 2.38. The normalized spacial score (nSPS) is 15.5. The molecule has 0 radical (unpaired) electrons. The third-order valence-electron chi connectivity index (χ3n) is 3.96. The fraction of sp³-hybridized carbons (Fsp3) is 0.263. The standard InChI is InChI=1S/C19H21NO3/c1-20(2,22)11-5-8-17-16-7-4-3-6-14(16)13-23-19-10-9-15(21)12-18(17)19/h3-4,6-10,12,21H,5,11,13H2,1-2H3. The molecule has 0 aromatic heterocycles. The number of hydroxylamine groups is 3. The zero-order valence-electron chi connectivity index (χ0n) is 13.5. The molecule has 0 fully saturated rings. The molecule has 1 N–H and O–H groups in total. The first kappa shape index (κ1) is 15.6. The van der Waals surface area contributed by atoms with Crippen molar-refractivity contribution in [2.75, 3.05) is 20.6 Å².